The Labute approximate surface area is 255 Å². The van der Waals surface area contributed by atoms with E-state index in [0.29, 0.717) is 5.56 Å². The van der Waals surface area contributed by atoms with Gasteiger partial charge in [0.05, 0.1) is 12.7 Å². The normalized spacial score (nSPS) is 16.2. The third-order valence-electron chi connectivity index (χ3n) is 7.90. The van der Waals surface area contributed by atoms with Crippen LogP contribution < -0.4 is 19.4 Å². The number of allylic oxidation sites excluding steroid dienone is 2. The highest BCUT2D eigenvalue weighted by Gasteiger charge is 2.45. The zero-order valence-electron chi connectivity index (χ0n) is 26.0. The molecule has 1 aliphatic heterocycles. The molecule has 0 fully saturated rings. The van der Waals surface area contributed by atoms with Gasteiger partial charge < -0.3 is 24.2 Å². The fourth-order valence-electron chi connectivity index (χ4n) is 5.35. The number of anilines is 3. The maximum Gasteiger partial charge on any atom is 0.340 e. The summed E-state index contributed by atoms with van der Waals surface area (Å²) in [6, 6.07) is 30.6. The van der Waals surface area contributed by atoms with Crippen molar-refractivity contribution in [1.82, 2.24) is 0 Å². The van der Waals surface area contributed by atoms with Gasteiger partial charge in [-0.25, -0.2) is 4.79 Å². The smallest absolute Gasteiger partial charge is 0.340 e. The minimum atomic E-state index is -1.07. The first-order valence-electron chi connectivity index (χ1n) is 14.3. The lowest BCUT2D eigenvalue weighted by molar-refractivity contribution is 0.0275. The molecule has 0 amide bonds. The van der Waals surface area contributed by atoms with E-state index in [1.165, 1.54) is 0 Å². The standard InChI is InChI=1S/C37H39N3O3/c1-38(2)29-16-10-26(11-17-29)33(27-12-21-32(42-7)22-13-27)9-8-24-37(28-14-18-30(19-15-28)39(3)4)35-23-20-31(40(5)6)25-34(35)36(41)43-37/h8-25H,1-7H3. The number of carbonyl (C=O) groups is 1. The molecule has 0 saturated heterocycles. The largest absolute Gasteiger partial charge is 0.497 e. The predicted molar refractivity (Wildman–Crippen MR) is 178 cm³/mol. The lowest BCUT2D eigenvalue weighted by Gasteiger charge is -2.27. The summed E-state index contributed by atoms with van der Waals surface area (Å²) in [6.45, 7) is 0. The number of fused-ring (bicyclic) bond motifs is 1. The van der Waals surface area contributed by atoms with Crippen LogP contribution in [-0.2, 0) is 10.3 Å². The summed E-state index contributed by atoms with van der Waals surface area (Å²) in [7, 11) is 13.7. The maximum absolute atomic E-state index is 13.4. The molecular formula is C37H39N3O3. The maximum atomic E-state index is 13.4. The Balaban J connectivity index is 1.65. The van der Waals surface area contributed by atoms with Gasteiger partial charge in [0, 0.05) is 70.5 Å². The first-order valence-corrected chi connectivity index (χ1v) is 14.3. The topological polar surface area (TPSA) is 45.3 Å². The number of ether oxygens (including phenoxy) is 2. The number of hydrogen-bond acceptors (Lipinski definition) is 6. The molecule has 0 N–H and O–H groups in total. The highest BCUT2D eigenvalue weighted by Crippen LogP contribution is 2.45. The molecule has 0 bridgehead atoms. The van der Waals surface area contributed by atoms with E-state index in [1.54, 1.807) is 7.11 Å². The van der Waals surface area contributed by atoms with Crippen molar-refractivity contribution in [2.45, 2.75) is 5.60 Å². The molecular weight excluding hydrogens is 534 g/mol. The molecule has 6 heteroatoms. The summed E-state index contributed by atoms with van der Waals surface area (Å²) in [4.78, 5) is 19.5. The van der Waals surface area contributed by atoms with E-state index >= 15 is 0 Å². The van der Waals surface area contributed by atoms with Crippen molar-refractivity contribution < 1.29 is 14.3 Å². The van der Waals surface area contributed by atoms with E-state index in [1.807, 2.05) is 102 Å². The number of nitrogens with zero attached hydrogens (tertiary/aromatic N) is 3. The van der Waals surface area contributed by atoms with E-state index in [0.717, 1.165) is 50.6 Å². The lowest BCUT2D eigenvalue weighted by Crippen LogP contribution is -2.25. The molecule has 0 saturated carbocycles. The van der Waals surface area contributed by atoms with Crippen LogP contribution in [0.3, 0.4) is 0 Å². The summed E-state index contributed by atoms with van der Waals surface area (Å²) >= 11 is 0. The molecule has 220 valence electrons. The van der Waals surface area contributed by atoms with Crippen LogP contribution >= 0.6 is 0 Å². The average Bonchev–Trinajstić information content (AvgIpc) is 3.31. The fraction of sp³-hybridized carbons (Fsp3) is 0.216. The van der Waals surface area contributed by atoms with Gasteiger partial charge in [0.25, 0.3) is 0 Å². The van der Waals surface area contributed by atoms with E-state index < -0.39 is 5.60 Å². The number of carbonyl (C=O) groups excluding carboxylic acids is 1. The van der Waals surface area contributed by atoms with E-state index in [2.05, 4.69) is 64.4 Å². The first-order chi connectivity index (χ1) is 20.6. The number of benzene rings is 4. The van der Waals surface area contributed by atoms with E-state index in [4.69, 9.17) is 9.47 Å². The molecule has 0 spiro atoms. The molecule has 4 aromatic carbocycles. The fourth-order valence-corrected chi connectivity index (χ4v) is 5.35. The van der Waals surface area contributed by atoms with E-state index in [9.17, 15) is 4.79 Å². The number of cyclic esters (lactones) is 1. The summed E-state index contributed by atoms with van der Waals surface area (Å²) in [5.74, 6) is 0.465. The monoisotopic (exact) mass is 573 g/mol. The SMILES string of the molecule is COc1ccc(C(=CC=CC2(c3ccc(N(C)C)cc3)OC(=O)c3cc(N(C)C)ccc32)c2ccc(N(C)C)cc2)cc1. The van der Waals surface area contributed by atoms with Gasteiger partial charge in [-0.2, -0.15) is 0 Å². The van der Waals surface area contributed by atoms with Crippen molar-refractivity contribution in [2.24, 2.45) is 0 Å². The van der Waals surface area contributed by atoms with Gasteiger partial charge in [-0.3, -0.25) is 0 Å². The van der Waals surface area contributed by atoms with Crippen molar-refractivity contribution >= 4 is 28.6 Å². The van der Waals surface area contributed by atoms with Crippen LogP contribution in [0.5, 0.6) is 5.75 Å². The molecule has 1 atom stereocenters. The molecule has 0 aromatic heterocycles. The summed E-state index contributed by atoms with van der Waals surface area (Å²) in [6.07, 6.45) is 6.08. The summed E-state index contributed by atoms with van der Waals surface area (Å²) < 4.78 is 11.7. The van der Waals surface area contributed by atoms with Crippen LogP contribution in [0.25, 0.3) is 5.57 Å². The molecule has 0 aliphatic carbocycles. The van der Waals surface area contributed by atoms with Crippen molar-refractivity contribution in [3.63, 3.8) is 0 Å². The number of methoxy groups -OCH3 is 1. The van der Waals surface area contributed by atoms with Crippen molar-refractivity contribution in [1.29, 1.82) is 0 Å². The molecule has 1 unspecified atom stereocenters. The molecule has 43 heavy (non-hydrogen) atoms. The van der Waals surface area contributed by atoms with Gasteiger partial charge >= 0.3 is 5.97 Å². The van der Waals surface area contributed by atoms with Crippen LogP contribution in [-0.4, -0.2) is 55.4 Å². The Morgan fingerprint density at radius 2 is 1.21 bits per heavy atom. The Morgan fingerprint density at radius 1 is 0.698 bits per heavy atom. The predicted octanol–water partition coefficient (Wildman–Crippen LogP) is 7.00. The molecule has 0 radical (unpaired) electrons. The zero-order chi connectivity index (χ0) is 30.7. The highest BCUT2D eigenvalue weighted by molar-refractivity contribution is 5.97. The summed E-state index contributed by atoms with van der Waals surface area (Å²) in [5.41, 5.74) is 7.51. The number of esters is 1. The summed E-state index contributed by atoms with van der Waals surface area (Å²) in [5, 5.41) is 0. The Hall–Kier alpha value is -4.97. The quantitative estimate of drug-likeness (QED) is 0.159. The van der Waals surface area contributed by atoms with Gasteiger partial charge in [0.1, 0.15) is 5.75 Å². The number of rotatable bonds is 9. The van der Waals surface area contributed by atoms with Crippen molar-refractivity contribution in [3.8, 4) is 5.75 Å². The van der Waals surface area contributed by atoms with Crippen molar-refractivity contribution in [2.75, 3.05) is 64.1 Å². The van der Waals surface area contributed by atoms with Gasteiger partial charge in [-0.1, -0.05) is 54.6 Å². The highest BCUT2D eigenvalue weighted by atomic mass is 16.6. The molecule has 6 nitrogen and oxygen atoms in total. The van der Waals surface area contributed by atoms with Crippen LogP contribution in [0.4, 0.5) is 17.1 Å². The van der Waals surface area contributed by atoms with Crippen LogP contribution in [0.1, 0.15) is 32.6 Å². The van der Waals surface area contributed by atoms with Gasteiger partial charge in [-0.05, 0) is 71.3 Å². The average molecular weight is 574 g/mol. The molecule has 5 rings (SSSR count). The van der Waals surface area contributed by atoms with E-state index in [-0.39, 0.29) is 5.97 Å². The Morgan fingerprint density at radius 3 is 1.74 bits per heavy atom. The van der Waals surface area contributed by atoms with Crippen molar-refractivity contribution in [3.05, 3.63) is 137 Å². The van der Waals surface area contributed by atoms with Crippen LogP contribution in [0.2, 0.25) is 0 Å². The Bertz CT molecular complexity index is 1650. The molecule has 4 aromatic rings. The minimum Gasteiger partial charge on any atom is -0.497 e. The molecule has 1 aliphatic rings. The second-order valence-corrected chi connectivity index (χ2v) is 11.3. The van der Waals surface area contributed by atoms with Gasteiger partial charge in [0.2, 0.25) is 0 Å². The van der Waals surface area contributed by atoms with Crippen LogP contribution in [0.15, 0.2) is 109 Å². The second kappa shape index (κ2) is 12.1. The minimum absolute atomic E-state index is 0.335. The van der Waals surface area contributed by atoms with Gasteiger partial charge in [0.15, 0.2) is 5.60 Å². The van der Waals surface area contributed by atoms with Gasteiger partial charge in [-0.15, -0.1) is 0 Å². The lowest BCUT2D eigenvalue weighted by atomic mass is 9.84. The zero-order valence-corrected chi connectivity index (χ0v) is 26.0. The number of hydrogen-bond donors (Lipinski definition) is 0. The first kappa shape index (κ1) is 29.5. The Kier molecular flexibility index (Phi) is 8.31. The second-order valence-electron chi connectivity index (χ2n) is 11.3. The molecule has 1 heterocycles. The van der Waals surface area contributed by atoms with Crippen LogP contribution in [0, 0.1) is 0 Å². The third-order valence-corrected chi connectivity index (χ3v) is 7.90. The third kappa shape index (κ3) is 5.86.